The average molecular weight is 264 g/mol. The first kappa shape index (κ1) is 10.6. The second-order valence-electron chi connectivity index (χ2n) is 3.59. The van der Waals surface area contributed by atoms with Gasteiger partial charge in [-0.05, 0) is 24.3 Å². The van der Waals surface area contributed by atoms with Crippen LogP contribution in [0.2, 0.25) is 10.0 Å². The van der Waals surface area contributed by atoms with Crippen LogP contribution in [0.4, 0.5) is 0 Å². The Hall–Kier alpha value is -1.51. The van der Waals surface area contributed by atoms with E-state index >= 15 is 0 Å². The van der Waals surface area contributed by atoms with Gasteiger partial charge in [0.1, 0.15) is 5.52 Å². The fraction of sp³-hybridized carbons (Fsp3) is 0. The molecule has 2 nitrogen and oxygen atoms in total. The Bertz CT molecular complexity index is 637. The monoisotopic (exact) mass is 263 g/mol. The topological polar surface area (TPSA) is 26.0 Å². The van der Waals surface area contributed by atoms with Crippen LogP contribution in [0.25, 0.3) is 22.6 Å². The number of fused-ring (bicyclic) bond motifs is 1. The van der Waals surface area contributed by atoms with Gasteiger partial charge in [0, 0.05) is 5.56 Å². The Morgan fingerprint density at radius 2 is 1.59 bits per heavy atom. The molecule has 4 heteroatoms. The van der Waals surface area contributed by atoms with Gasteiger partial charge >= 0.3 is 0 Å². The highest BCUT2D eigenvalue weighted by molar-refractivity contribution is 6.39. The molecule has 0 bridgehead atoms. The molecule has 1 aromatic heterocycles. The van der Waals surface area contributed by atoms with Crippen molar-refractivity contribution in [2.75, 3.05) is 0 Å². The van der Waals surface area contributed by atoms with Gasteiger partial charge in [-0.1, -0.05) is 41.4 Å². The van der Waals surface area contributed by atoms with Crippen LogP contribution in [-0.4, -0.2) is 4.98 Å². The number of rotatable bonds is 1. The van der Waals surface area contributed by atoms with Gasteiger partial charge in [-0.15, -0.1) is 0 Å². The first-order valence-corrected chi connectivity index (χ1v) is 5.81. The molecule has 0 radical (unpaired) electrons. The van der Waals surface area contributed by atoms with Gasteiger partial charge in [0.2, 0.25) is 5.89 Å². The molecule has 0 saturated carbocycles. The second kappa shape index (κ2) is 4.06. The summed E-state index contributed by atoms with van der Waals surface area (Å²) in [4.78, 5) is 4.36. The standard InChI is InChI=1S/C13H7Cl2NO/c14-9-6-7-10(15)12-11(9)16-13(17-12)8-4-2-1-3-5-8/h1-7H. The van der Waals surface area contributed by atoms with E-state index in [0.29, 0.717) is 27.0 Å². The molecular formula is C13H7Cl2NO. The van der Waals surface area contributed by atoms with Crippen molar-refractivity contribution in [3.05, 3.63) is 52.5 Å². The smallest absolute Gasteiger partial charge is 0.227 e. The minimum Gasteiger partial charge on any atom is -0.434 e. The van der Waals surface area contributed by atoms with E-state index in [1.165, 1.54) is 0 Å². The van der Waals surface area contributed by atoms with Crippen LogP contribution in [0.1, 0.15) is 0 Å². The summed E-state index contributed by atoms with van der Waals surface area (Å²) in [7, 11) is 0. The van der Waals surface area contributed by atoms with Gasteiger partial charge in [-0.3, -0.25) is 0 Å². The third-order valence-electron chi connectivity index (χ3n) is 2.47. The van der Waals surface area contributed by atoms with Gasteiger partial charge < -0.3 is 4.42 Å². The lowest BCUT2D eigenvalue weighted by molar-refractivity contribution is 0.620. The lowest BCUT2D eigenvalue weighted by atomic mass is 10.2. The lowest BCUT2D eigenvalue weighted by Crippen LogP contribution is -1.75. The molecule has 0 amide bonds. The van der Waals surface area contributed by atoms with Crippen LogP contribution < -0.4 is 0 Å². The van der Waals surface area contributed by atoms with Crippen LogP contribution in [0.3, 0.4) is 0 Å². The maximum atomic E-state index is 6.05. The summed E-state index contributed by atoms with van der Waals surface area (Å²) in [5, 5.41) is 1.05. The highest BCUT2D eigenvalue weighted by Gasteiger charge is 2.13. The molecule has 0 fully saturated rings. The molecule has 84 valence electrons. The van der Waals surface area contributed by atoms with E-state index in [0.717, 1.165) is 5.56 Å². The van der Waals surface area contributed by atoms with E-state index in [1.807, 2.05) is 30.3 Å². The molecule has 0 aliphatic heterocycles. The molecule has 2 aromatic carbocycles. The maximum Gasteiger partial charge on any atom is 0.227 e. The molecule has 0 unspecified atom stereocenters. The molecular weight excluding hydrogens is 257 g/mol. The quantitative estimate of drug-likeness (QED) is 0.630. The summed E-state index contributed by atoms with van der Waals surface area (Å²) in [6.45, 7) is 0. The van der Waals surface area contributed by atoms with Gasteiger partial charge in [-0.2, -0.15) is 0 Å². The number of hydrogen-bond donors (Lipinski definition) is 0. The molecule has 0 aliphatic rings. The van der Waals surface area contributed by atoms with Crippen LogP contribution in [0, 0.1) is 0 Å². The van der Waals surface area contributed by atoms with E-state index in [2.05, 4.69) is 4.98 Å². The minimum absolute atomic E-state index is 0.513. The summed E-state index contributed by atoms with van der Waals surface area (Å²) in [6, 6.07) is 13.0. The van der Waals surface area contributed by atoms with E-state index in [-0.39, 0.29) is 0 Å². The highest BCUT2D eigenvalue weighted by atomic mass is 35.5. The van der Waals surface area contributed by atoms with E-state index in [4.69, 9.17) is 27.6 Å². The fourth-order valence-electron chi connectivity index (χ4n) is 1.65. The first-order chi connectivity index (χ1) is 8.25. The zero-order valence-corrected chi connectivity index (χ0v) is 10.2. The molecule has 0 aliphatic carbocycles. The molecule has 1 heterocycles. The molecule has 0 N–H and O–H groups in total. The third-order valence-corrected chi connectivity index (χ3v) is 3.07. The Kier molecular flexibility index (Phi) is 2.54. The minimum atomic E-state index is 0.513. The van der Waals surface area contributed by atoms with E-state index in [9.17, 15) is 0 Å². The highest BCUT2D eigenvalue weighted by Crippen LogP contribution is 2.33. The molecule has 0 spiro atoms. The third kappa shape index (κ3) is 1.79. The number of benzene rings is 2. The zero-order chi connectivity index (χ0) is 11.8. The van der Waals surface area contributed by atoms with Gasteiger partial charge in [0.15, 0.2) is 5.58 Å². The molecule has 0 atom stereocenters. The lowest BCUT2D eigenvalue weighted by Gasteiger charge is -1.92. The number of oxazole rings is 1. The Balaban J connectivity index is 2.27. The van der Waals surface area contributed by atoms with Crippen molar-refractivity contribution in [1.29, 1.82) is 0 Å². The van der Waals surface area contributed by atoms with E-state index < -0.39 is 0 Å². The Morgan fingerprint density at radius 3 is 2.29 bits per heavy atom. The molecule has 0 saturated heterocycles. The van der Waals surface area contributed by atoms with Crippen molar-refractivity contribution in [3.63, 3.8) is 0 Å². The summed E-state index contributed by atoms with van der Waals surface area (Å²) in [6.07, 6.45) is 0. The average Bonchev–Trinajstić information content (AvgIpc) is 2.81. The fourth-order valence-corrected chi connectivity index (χ4v) is 2.03. The second-order valence-corrected chi connectivity index (χ2v) is 4.41. The van der Waals surface area contributed by atoms with E-state index in [1.54, 1.807) is 12.1 Å². The number of halogens is 2. The summed E-state index contributed by atoms with van der Waals surface area (Å²) in [5.74, 6) is 0.524. The number of aromatic nitrogens is 1. The molecule has 3 rings (SSSR count). The molecule has 17 heavy (non-hydrogen) atoms. The number of hydrogen-bond acceptors (Lipinski definition) is 2. The van der Waals surface area contributed by atoms with Gasteiger partial charge in [0.25, 0.3) is 0 Å². The largest absolute Gasteiger partial charge is 0.434 e. The van der Waals surface area contributed by atoms with Gasteiger partial charge in [-0.25, -0.2) is 4.98 Å². The van der Waals surface area contributed by atoms with Crippen LogP contribution in [0.15, 0.2) is 46.9 Å². The maximum absolute atomic E-state index is 6.05. The summed E-state index contributed by atoms with van der Waals surface area (Å²) in [5.41, 5.74) is 2.02. The summed E-state index contributed by atoms with van der Waals surface area (Å²) >= 11 is 12.1. The normalized spacial score (nSPS) is 10.9. The van der Waals surface area contributed by atoms with Crippen molar-refractivity contribution in [3.8, 4) is 11.5 Å². The Morgan fingerprint density at radius 1 is 0.882 bits per heavy atom. The Labute approximate surface area is 108 Å². The zero-order valence-electron chi connectivity index (χ0n) is 8.65. The van der Waals surface area contributed by atoms with Crippen molar-refractivity contribution >= 4 is 34.3 Å². The van der Waals surface area contributed by atoms with Crippen LogP contribution in [-0.2, 0) is 0 Å². The van der Waals surface area contributed by atoms with Gasteiger partial charge in [0.05, 0.1) is 10.0 Å². The summed E-state index contributed by atoms with van der Waals surface area (Å²) < 4.78 is 5.64. The van der Waals surface area contributed by atoms with Crippen molar-refractivity contribution < 1.29 is 4.42 Å². The van der Waals surface area contributed by atoms with Crippen LogP contribution in [0.5, 0.6) is 0 Å². The van der Waals surface area contributed by atoms with Crippen LogP contribution >= 0.6 is 23.2 Å². The first-order valence-electron chi connectivity index (χ1n) is 5.05. The SMILES string of the molecule is Clc1ccc(Cl)c2oc(-c3ccccc3)nc12. The predicted molar refractivity (Wildman–Crippen MR) is 69.5 cm³/mol. The van der Waals surface area contributed by atoms with Crippen molar-refractivity contribution in [2.24, 2.45) is 0 Å². The van der Waals surface area contributed by atoms with Crippen molar-refractivity contribution in [2.45, 2.75) is 0 Å². The number of nitrogens with zero attached hydrogens (tertiary/aromatic N) is 1. The predicted octanol–water partition coefficient (Wildman–Crippen LogP) is 4.80. The van der Waals surface area contributed by atoms with Crippen molar-refractivity contribution in [1.82, 2.24) is 4.98 Å². The molecule has 3 aromatic rings.